The third-order valence-corrected chi connectivity index (χ3v) is 3.48. The van der Waals surface area contributed by atoms with Crippen molar-refractivity contribution in [2.45, 2.75) is 0 Å². The Kier molecular flexibility index (Phi) is 6.24. The molecule has 0 atom stereocenters. The second kappa shape index (κ2) is 8.39. The van der Waals surface area contributed by atoms with E-state index < -0.39 is 0 Å². The van der Waals surface area contributed by atoms with Gasteiger partial charge in [0.15, 0.2) is 0 Å². The number of amides is 2. The van der Waals surface area contributed by atoms with Crippen LogP contribution in [0.3, 0.4) is 0 Å². The Morgan fingerprint density at radius 3 is 2.48 bits per heavy atom. The SMILES string of the molecule is COCCOCC(=O)N1CCN(C(=O)c2ccc(=O)[nH]n2)CC1. The highest BCUT2D eigenvalue weighted by Gasteiger charge is 2.25. The number of carbonyl (C=O) groups excluding carboxylic acids is 2. The van der Waals surface area contributed by atoms with Crippen LogP contribution < -0.4 is 5.56 Å². The Hall–Kier alpha value is -2.26. The fourth-order valence-electron chi connectivity index (χ4n) is 2.18. The van der Waals surface area contributed by atoms with Crippen molar-refractivity contribution in [3.8, 4) is 0 Å². The minimum absolute atomic E-state index is 0.0127. The zero-order valence-electron chi connectivity index (χ0n) is 13.0. The lowest BCUT2D eigenvalue weighted by Crippen LogP contribution is -2.51. The van der Waals surface area contributed by atoms with Crippen molar-refractivity contribution in [1.29, 1.82) is 0 Å². The van der Waals surface area contributed by atoms with E-state index in [0.29, 0.717) is 39.4 Å². The first kappa shape index (κ1) is 17.1. The quantitative estimate of drug-likeness (QED) is 0.653. The van der Waals surface area contributed by atoms with Gasteiger partial charge in [-0.15, -0.1) is 0 Å². The van der Waals surface area contributed by atoms with E-state index in [1.54, 1.807) is 16.9 Å². The van der Waals surface area contributed by atoms with Crippen molar-refractivity contribution in [3.05, 3.63) is 28.2 Å². The van der Waals surface area contributed by atoms with E-state index in [9.17, 15) is 14.4 Å². The molecule has 9 heteroatoms. The number of hydrogen-bond donors (Lipinski definition) is 1. The number of methoxy groups -OCH3 is 1. The van der Waals surface area contributed by atoms with Crippen molar-refractivity contribution >= 4 is 11.8 Å². The molecule has 1 aromatic heterocycles. The molecule has 126 valence electrons. The van der Waals surface area contributed by atoms with Gasteiger partial charge in [0.05, 0.1) is 13.2 Å². The number of hydrogen-bond acceptors (Lipinski definition) is 6. The molecule has 0 radical (unpaired) electrons. The highest BCUT2D eigenvalue weighted by atomic mass is 16.5. The molecule has 1 aromatic rings. The maximum atomic E-state index is 12.2. The Labute approximate surface area is 133 Å². The molecule has 1 aliphatic rings. The molecule has 2 heterocycles. The van der Waals surface area contributed by atoms with Crippen LogP contribution >= 0.6 is 0 Å². The molecule has 1 N–H and O–H groups in total. The van der Waals surface area contributed by atoms with Crippen molar-refractivity contribution in [1.82, 2.24) is 20.0 Å². The first-order valence-electron chi connectivity index (χ1n) is 7.31. The number of carbonyl (C=O) groups is 2. The lowest BCUT2D eigenvalue weighted by molar-refractivity contribution is -0.138. The van der Waals surface area contributed by atoms with Crippen LogP contribution in [0.2, 0.25) is 0 Å². The number of aromatic amines is 1. The summed E-state index contributed by atoms with van der Waals surface area (Å²) in [5.74, 6) is -0.361. The molecule has 23 heavy (non-hydrogen) atoms. The van der Waals surface area contributed by atoms with Crippen LogP contribution in [0.15, 0.2) is 16.9 Å². The summed E-state index contributed by atoms with van der Waals surface area (Å²) in [6.07, 6.45) is 0. The summed E-state index contributed by atoms with van der Waals surface area (Å²) < 4.78 is 10.0. The number of piperazine rings is 1. The molecule has 0 aliphatic carbocycles. The standard InChI is InChI=1S/C14H20N4O5/c1-22-8-9-23-10-13(20)17-4-6-18(7-5-17)14(21)11-2-3-12(19)16-15-11/h2-3H,4-10H2,1H3,(H,16,19). The molecule has 0 unspecified atom stereocenters. The van der Waals surface area contributed by atoms with E-state index in [1.165, 1.54) is 12.1 Å². The maximum Gasteiger partial charge on any atom is 0.274 e. The van der Waals surface area contributed by atoms with Gasteiger partial charge < -0.3 is 19.3 Å². The Balaban J connectivity index is 1.79. The normalized spacial score (nSPS) is 14.8. The van der Waals surface area contributed by atoms with Gasteiger partial charge in [-0.3, -0.25) is 14.4 Å². The van der Waals surface area contributed by atoms with Crippen LogP contribution in [0, 0.1) is 0 Å². The molecule has 1 fully saturated rings. The smallest absolute Gasteiger partial charge is 0.274 e. The first-order chi connectivity index (χ1) is 11.1. The van der Waals surface area contributed by atoms with E-state index in [4.69, 9.17) is 9.47 Å². The molecular weight excluding hydrogens is 304 g/mol. The summed E-state index contributed by atoms with van der Waals surface area (Å²) in [5, 5.41) is 5.96. The molecule has 2 amide bonds. The van der Waals surface area contributed by atoms with Crippen molar-refractivity contribution in [3.63, 3.8) is 0 Å². The van der Waals surface area contributed by atoms with Crippen LogP contribution in [-0.2, 0) is 14.3 Å². The predicted molar refractivity (Wildman–Crippen MR) is 80.0 cm³/mol. The number of ether oxygens (including phenoxy) is 2. The van der Waals surface area contributed by atoms with E-state index in [2.05, 4.69) is 10.2 Å². The largest absolute Gasteiger partial charge is 0.382 e. The fourth-order valence-corrected chi connectivity index (χ4v) is 2.18. The summed E-state index contributed by atoms with van der Waals surface area (Å²) in [6, 6.07) is 2.65. The van der Waals surface area contributed by atoms with Gasteiger partial charge in [-0.25, -0.2) is 5.10 Å². The molecule has 0 aromatic carbocycles. The van der Waals surface area contributed by atoms with Gasteiger partial charge in [0.25, 0.3) is 11.5 Å². The van der Waals surface area contributed by atoms with Crippen LogP contribution in [0.1, 0.15) is 10.5 Å². The highest BCUT2D eigenvalue weighted by molar-refractivity contribution is 5.92. The molecular formula is C14H20N4O5. The fraction of sp³-hybridized carbons (Fsp3) is 0.571. The Morgan fingerprint density at radius 1 is 1.17 bits per heavy atom. The lowest BCUT2D eigenvalue weighted by Gasteiger charge is -2.34. The van der Waals surface area contributed by atoms with Crippen molar-refractivity contribution in [2.24, 2.45) is 0 Å². The molecule has 1 aliphatic heterocycles. The number of rotatable bonds is 6. The number of H-pyrrole nitrogens is 1. The summed E-state index contributed by atoms with van der Waals surface area (Å²) >= 11 is 0. The zero-order chi connectivity index (χ0) is 16.7. The van der Waals surface area contributed by atoms with Gasteiger partial charge in [-0.2, -0.15) is 5.10 Å². The van der Waals surface area contributed by atoms with Gasteiger partial charge in [-0.05, 0) is 6.07 Å². The van der Waals surface area contributed by atoms with E-state index in [1.807, 2.05) is 0 Å². The zero-order valence-corrected chi connectivity index (χ0v) is 13.0. The van der Waals surface area contributed by atoms with Gasteiger partial charge in [0.1, 0.15) is 12.3 Å². The number of aromatic nitrogens is 2. The first-order valence-corrected chi connectivity index (χ1v) is 7.31. The number of nitrogens with zero attached hydrogens (tertiary/aromatic N) is 3. The second-order valence-electron chi connectivity index (χ2n) is 5.02. The summed E-state index contributed by atoms with van der Waals surface area (Å²) in [6.45, 7) is 2.56. The third kappa shape index (κ3) is 4.86. The van der Waals surface area contributed by atoms with Gasteiger partial charge in [0, 0.05) is 39.4 Å². The molecule has 0 bridgehead atoms. The molecule has 1 saturated heterocycles. The van der Waals surface area contributed by atoms with E-state index in [0.717, 1.165) is 0 Å². The Morgan fingerprint density at radius 2 is 1.87 bits per heavy atom. The summed E-state index contributed by atoms with van der Waals surface area (Å²) in [7, 11) is 1.57. The summed E-state index contributed by atoms with van der Waals surface area (Å²) in [5.41, 5.74) is -0.169. The predicted octanol–water partition coefficient (Wildman–Crippen LogP) is -1.28. The van der Waals surface area contributed by atoms with Crippen molar-refractivity contribution in [2.75, 3.05) is 53.1 Å². The minimum Gasteiger partial charge on any atom is -0.382 e. The maximum absolute atomic E-state index is 12.2. The average molecular weight is 324 g/mol. The Bertz CT molecular complexity index is 575. The second-order valence-corrected chi connectivity index (χ2v) is 5.02. The van der Waals surface area contributed by atoms with Gasteiger partial charge in [0.2, 0.25) is 5.91 Å². The van der Waals surface area contributed by atoms with Gasteiger partial charge in [-0.1, -0.05) is 0 Å². The monoisotopic (exact) mass is 324 g/mol. The minimum atomic E-state index is -0.356. The third-order valence-electron chi connectivity index (χ3n) is 3.48. The molecule has 9 nitrogen and oxygen atoms in total. The molecule has 0 saturated carbocycles. The molecule has 0 spiro atoms. The summed E-state index contributed by atoms with van der Waals surface area (Å²) in [4.78, 5) is 38.4. The van der Waals surface area contributed by atoms with Crippen LogP contribution in [0.25, 0.3) is 0 Å². The average Bonchev–Trinajstić information content (AvgIpc) is 2.59. The lowest BCUT2D eigenvalue weighted by atomic mass is 10.2. The topological polar surface area (TPSA) is 105 Å². The molecule has 2 rings (SSSR count). The van der Waals surface area contributed by atoms with Crippen LogP contribution in [-0.4, -0.2) is 84.9 Å². The van der Waals surface area contributed by atoms with Crippen LogP contribution in [0.5, 0.6) is 0 Å². The van der Waals surface area contributed by atoms with E-state index in [-0.39, 0.29) is 29.7 Å². The number of nitrogens with one attached hydrogen (secondary N) is 1. The highest BCUT2D eigenvalue weighted by Crippen LogP contribution is 2.06. The van der Waals surface area contributed by atoms with Gasteiger partial charge >= 0.3 is 0 Å². The van der Waals surface area contributed by atoms with Crippen molar-refractivity contribution < 1.29 is 19.1 Å². The van der Waals surface area contributed by atoms with E-state index >= 15 is 0 Å². The van der Waals surface area contributed by atoms with Crippen LogP contribution in [0.4, 0.5) is 0 Å².